The van der Waals surface area contributed by atoms with Crippen LogP contribution < -0.4 is 5.32 Å². The summed E-state index contributed by atoms with van der Waals surface area (Å²) in [6.07, 6.45) is 9.14. The predicted molar refractivity (Wildman–Crippen MR) is 72.4 cm³/mol. The van der Waals surface area contributed by atoms with Crippen LogP contribution in [0.2, 0.25) is 0 Å². The molecule has 5 fully saturated rings. The zero-order valence-electron chi connectivity index (χ0n) is 11.7. The highest BCUT2D eigenvalue weighted by Crippen LogP contribution is 2.65. The number of hydrogen-bond donors (Lipinski definition) is 1. The Morgan fingerprint density at radius 1 is 1.00 bits per heavy atom. The molecule has 1 N–H and O–H groups in total. The highest BCUT2D eigenvalue weighted by atomic mass is 16.5. The topological polar surface area (TPSA) is 21.3 Å². The lowest BCUT2D eigenvalue weighted by Gasteiger charge is -2.63. The summed E-state index contributed by atoms with van der Waals surface area (Å²) in [5, 5.41) is 3.64. The number of rotatable bonds is 1. The Bertz CT molecular complexity index is 295. The van der Waals surface area contributed by atoms with Gasteiger partial charge in [0.15, 0.2) is 0 Å². The largest absolute Gasteiger partial charge is 0.379 e. The van der Waals surface area contributed by atoms with Gasteiger partial charge < -0.3 is 10.1 Å². The summed E-state index contributed by atoms with van der Waals surface area (Å²) in [7, 11) is 0. The second kappa shape index (κ2) is 3.96. The molecule has 5 rings (SSSR count). The second-order valence-corrected chi connectivity index (χ2v) is 7.99. The van der Waals surface area contributed by atoms with Crippen LogP contribution in [0.4, 0.5) is 0 Å². The molecule has 2 heteroatoms. The number of ether oxygens (including phenoxy) is 1. The fourth-order valence-corrected chi connectivity index (χ4v) is 6.05. The summed E-state index contributed by atoms with van der Waals surface area (Å²) < 4.78 is 5.94. The van der Waals surface area contributed by atoms with Gasteiger partial charge in [0.1, 0.15) is 0 Å². The molecule has 0 aromatic heterocycles. The Balaban J connectivity index is 1.65. The first-order chi connectivity index (χ1) is 8.69. The third-order valence-corrected chi connectivity index (χ3v) is 6.68. The van der Waals surface area contributed by atoms with Crippen molar-refractivity contribution in [3.05, 3.63) is 0 Å². The predicted octanol–water partition coefficient (Wildman–Crippen LogP) is 2.83. The molecule has 4 aliphatic carbocycles. The average molecular weight is 249 g/mol. The van der Waals surface area contributed by atoms with Gasteiger partial charge in [0, 0.05) is 18.5 Å². The summed E-state index contributed by atoms with van der Waals surface area (Å²) in [5.41, 5.74) is 0.999. The summed E-state index contributed by atoms with van der Waals surface area (Å²) >= 11 is 0. The van der Waals surface area contributed by atoms with Crippen LogP contribution in [0.1, 0.15) is 45.4 Å². The molecule has 2 nitrogen and oxygen atoms in total. The van der Waals surface area contributed by atoms with E-state index in [2.05, 4.69) is 12.2 Å². The Kier molecular flexibility index (Phi) is 2.58. The van der Waals surface area contributed by atoms with Crippen molar-refractivity contribution in [2.24, 2.45) is 28.6 Å². The smallest absolute Gasteiger partial charge is 0.0591 e. The maximum absolute atomic E-state index is 5.94. The lowest BCUT2D eigenvalue weighted by molar-refractivity contribution is -0.141. The molecule has 4 bridgehead atoms. The third kappa shape index (κ3) is 1.61. The van der Waals surface area contributed by atoms with Gasteiger partial charge in [-0.3, -0.25) is 0 Å². The number of nitrogens with one attached hydrogen (secondary N) is 1. The molecule has 1 heterocycles. The van der Waals surface area contributed by atoms with Crippen molar-refractivity contribution in [3.63, 3.8) is 0 Å². The SMILES string of the molecule is CC1(C23CC4CC(CC(C4)C2)C3)CNCCOC1. The fraction of sp³-hybridized carbons (Fsp3) is 1.00. The van der Waals surface area contributed by atoms with Crippen LogP contribution in [-0.2, 0) is 4.74 Å². The van der Waals surface area contributed by atoms with Crippen LogP contribution in [0, 0.1) is 28.6 Å². The molecule has 1 saturated heterocycles. The van der Waals surface area contributed by atoms with Gasteiger partial charge in [0.05, 0.1) is 13.2 Å². The van der Waals surface area contributed by atoms with Gasteiger partial charge in [-0.2, -0.15) is 0 Å². The van der Waals surface area contributed by atoms with Crippen LogP contribution in [0.3, 0.4) is 0 Å². The molecule has 0 spiro atoms. The monoisotopic (exact) mass is 249 g/mol. The molecule has 102 valence electrons. The van der Waals surface area contributed by atoms with Gasteiger partial charge in [0.2, 0.25) is 0 Å². The summed E-state index contributed by atoms with van der Waals surface area (Å²) in [6, 6.07) is 0. The quantitative estimate of drug-likeness (QED) is 0.771. The van der Waals surface area contributed by atoms with Crippen LogP contribution in [0.5, 0.6) is 0 Å². The standard InChI is InChI=1S/C16H27NO/c1-15(10-17-2-3-18-11-15)16-7-12-4-13(8-16)6-14(5-12)9-16/h12-14,17H,2-11H2,1H3. The molecular formula is C16H27NO. The molecule has 1 aliphatic heterocycles. The highest BCUT2D eigenvalue weighted by Gasteiger charge is 2.58. The van der Waals surface area contributed by atoms with Crippen LogP contribution in [-0.4, -0.2) is 26.3 Å². The molecule has 0 aromatic carbocycles. The second-order valence-electron chi connectivity index (χ2n) is 7.99. The Morgan fingerprint density at radius 3 is 2.22 bits per heavy atom. The van der Waals surface area contributed by atoms with E-state index < -0.39 is 0 Å². The van der Waals surface area contributed by atoms with Crippen LogP contribution >= 0.6 is 0 Å². The Hall–Kier alpha value is -0.0800. The van der Waals surface area contributed by atoms with Crippen molar-refractivity contribution in [3.8, 4) is 0 Å². The maximum atomic E-state index is 5.94. The zero-order valence-corrected chi connectivity index (χ0v) is 11.7. The molecule has 0 radical (unpaired) electrons. The minimum absolute atomic E-state index is 0.388. The molecule has 0 amide bonds. The Labute approximate surface area is 111 Å². The normalized spacial score (nSPS) is 55.5. The molecule has 4 saturated carbocycles. The van der Waals surface area contributed by atoms with Crippen molar-refractivity contribution < 1.29 is 4.74 Å². The summed E-state index contributed by atoms with van der Waals surface area (Å²) in [5.74, 6) is 3.16. The van der Waals surface area contributed by atoms with E-state index >= 15 is 0 Å². The van der Waals surface area contributed by atoms with Crippen molar-refractivity contribution in [2.75, 3.05) is 26.3 Å². The lowest BCUT2D eigenvalue weighted by Crippen LogP contribution is -2.57. The third-order valence-electron chi connectivity index (χ3n) is 6.68. The van der Waals surface area contributed by atoms with Crippen molar-refractivity contribution >= 4 is 0 Å². The lowest BCUT2D eigenvalue weighted by atomic mass is 9.43. The first-order valence-corrected chi connectivity index (χ1v) is 7.98. The minimum atomic E-state index is 0.388. The Morgan fingerprint density at radius 2 is 1.61 bits per heavy atom. The molecule has 5 aliphatic rings. The molecule has 0 aromatic rings. The fourth-order valence-electron chi connectivity index (χ4n) is 6.05. The van der Waals surface area contributed by atoms with E-state index in [1.54, 1.807) is 19.3 Å². The van der Waals surface area contributed by atoms with E-state index in [0.717, 1.165) is 37.5 Å². The van der Waals surface area contributed by atoms with E-state index in [1.807, 2.05) is 0 Å². The van der Waals surface area contributed by atoms with E-state index in [0.29, 0.717) is 10.8 Å². The van der Waals surface area contributed by atoms with E-state index in [1.165, 1.54) is 25.8 Å². The van der Waals surface area contributed by atoms with E-state index in [9.17, 15) is 0 Å². The first kappa shape index (κ1) is 11.7. The summed E-state index contributed by atoms with van der Waals surface area (Å²) in [4.78, 5) is 0. The minimum Gasteiger partial charge on any atom is -0.379 e. The van der Waals surface area contributed by atoms with Crippen molar-refractivity contribution in [1.82, 2.24) is 5.32 Å². The number of hydrogen-bond acceptors (Lipinski definition) is 2. The molecule has 1 unspecified atom stereocenters. The maximum Gasteiger partial charge on any atom is 0.0591 e. The van der Waals surface area contributed by atoms with E-state index in [4.69, 9.17) is 4.74 Å². The zero-order chi connectivity index (χ0) is 12.2. The average Bonchev–Trinajstić information content (AvgIpc) is 2.53. The molecule has 18 heavy (non-hydrogen) atoms. The highest BCUT2D eigenvalue weighted by molar-refractivity contribution is 5.08. The molecular weight excluding hydrogens is 222 g/mol. The van der Waals surface area contributed by atoms with Crippen molar-refractivity contribution in [1.29, 1.82) is 0 Å². The molecule has 1 atom stereocenters. The van der Waals surface area contributed by atoms with Gasteiger partial charge in [-0.1, -0.05) is 6.92 Å². The summed E-state index contributed by atoms with van der Waals surface area (Å²) in [6.45, 7) is 6.63. The van der Waals surface area contributed by atoms with Gasteiger partial charge >= 0.3 is 0 Å². The first-order valence-electron chi connectivity index (χ1n) is 7.98. The van der Waals surface area contributed by atoms with E-state index in [-0.39, 0.29) is 0 Å². The van der Waals surface area contributed by atoms with Crippen LogP contribution in [0.15, 0.2) is 0 Å². The van der Waals surface area contributed by atoms with Gasteiger partial charge in [-0.15, -0.1) is 0 Å². The van der Waals surface area contributed by atoms with Gasteiger partial charge in [-0.25, -0.2) is 0 Å². The van der Waals surface area contributed by atoms with Gasteiger partial charge in [0.25, 0.3) is 0 Å². The van der Waals surface area contributed by atoms with Crippen molar-refractivity contribution in [2.45, 2.75) is 45.4 Å². The van der Waals surface area contributed by atoms with Gasteiger partial charge in [-0.05, 0) is 61.7 Å². The van der Waals surface area contributed by atoms with Crippen LogP contribution in [0.25, 0.3) is 0 Å².